The molecule has 0 heterocycles. The van der Waals surface area contributed by atoms with Gasteiger partial charge in [-0.25, -0.2) is 0 Å². The van der Waals surface area contributed by atoms with Crippen molar-refractivity contribution in [3.63, 3.8) is 0 Å². The highest BCUT2D eigenvalue weighted by Crippen LogP contribution is 2.52. The second kappa shape index (κ2) is 6.13. The molecular weight excluding hydrogens is 280 g/mol. The van der Waals surface area contributed by atoms with Gasteiger partial charge in [0, 0.05) is 4.75 Å². The Morgan fingerprint density at radius 3 is 1.50 bits per heavy atom. The number of hydrogen-bond donors (Lipinski definition) is 0. The lowest BCUT2D eigenvalue weighted by molar-refractivity contribution is 0.190. The number of hydrogen-bond acceptors (Lipinski definition) is 1. The van der Waals surface area contributed by atoms with E-state index in [4.69, 9.17) is 0 Å². The van der Waals surface area contributed by atoms with Gasteiger partial charge < -0.3 is 0 Å². The third-order valence-electron chi connectivity index (χ3n) is 5.00. The molecule has 0 saturated heterocycles. The monoisotopic (exact) mass is 304 g/mol. The molecule has 16 heavy (non-hydrogen) atoms. The quantitative estimate of drug-likeness (QED) is 0.621. The SMILES string of the molecule is CC(SBr)(C1CCCCC1)C1CCCCC1. The van der Waals surface area contributed by atoms with E-state index in [0.29, 0.717) is 4.75 Å². The van der Waals surface area contributed by atoms with Gasteiger partial charge in [0.1, 0.15) is 0 Å². The Balaban J connectivity index is 2.03. The van der Waals surface area contributed by atoms with Gasteiger partial charge >= 0.3 is 0 Å². The van der Waals surface area contributed by atoms with Crippen LogP contribution >= 0.6 is 25.0 Å². The minimum absolute atomic E-state index is 0.515. The average molecular weight is 305 g/mol. The van der Waals surface area contributed by atoms with Crippen LogP contribution in [0.2, 0.25) is 0 Å². The van der Waals surface area contributed by atoms with Gasteiger partial charge in [-0.05, 0) is 59.3 Å². The van der Waals surface area contributed by atoms with E-state index in [1.54, 1.807) is 0 Å². The second-order valence-corrected chi connectivity index (χ2v) is 7.94. The van der Waals surface area contributed by atoms with Crippen molar-refractivity contribution in [2.24, 2.45) is 11.8 Å². The Labute approximate surface area is 113 Å². The number of rotatable bonds is 3. The van der Waals surface area contributed by atoms with Gasteiger partial charge in [0.25, 0.3) is 0 Å². The van der Waals surface area contributed by atoms with E-state index in [0.717, 1.165) is 11.8 Å². The first-order valence-electron chi connectivity index (χ1n) is 7.07. The van der Waals surface area contributed by atoms with Gasteiger partial charge in [-0.1, -0.05) is 48.7 Å². The molecule has 2 saturated carbocycles. The first kappa shape index (κ1) is 13.3. The zero-order valence-electron chi connectivity index (χ0n) is 10.5. The van der Waals surface area contributed by atoms with Gasteiger partial charge in [0.2, 0.25) is 0 Å². The molecule has 0 aromatic carbocycles. The fourth-order valence-corrected chi connectivity index (χ4v) is 6.12. The van der Waals surface area contributed by atoms with Crippen LogP contribution in [-0.4, -0.2) is 4.75 Å². The summed E-state index contributed by atoms with van der Waals surface area (Å²) in [5, 5.41) is 0. The van der Waals surface area contributed by atoms with Crippen molar-refractivity contribution in [1.29, 1.82) is 0 Å². The summed E-state index contributed by atoms with van der Waals surface area (Å²) in [4.78, 5) is 0. The first-order valence-corrected chi connectivity index (χ1v) is 9.73. The van der Waals surface area contributed by atoms with Crippen molar-refractivity contribution in [1.82, 2.24) is 0 Å². The van der Waals surface area contributed by atoms with Crippen molar-refractivity contribution >= 4 is 25.0 Å². The van der Waals surface area contributed by atoms with E-state index in [9.17, 15) is 0 Å². The van der Waals surface area contributed by atoms with Crippen LogP contribution in [-0.2, 0) is 0 Å². The van der Waals surface area contributed by atoms with E-state index >= 15 is 0 Å². The summed E-state index contributed by atoms with van der Waals surface area (Å²) >= 11 is 3.76. The lowest BCUT2D eigenvalue weighted by Crippen LogP contribution is -2.40. The fraction of sp³-hybridized carbons (Fsp3) is 1.00. The topological polar surface area (TPSA) is 0 Å². The molecule has 0 aromatic heterocycles. The van der Waals surface area contributed by atoms with Gasteiger partial charge in [0.05, 0.1) is 0 Å². The summed E-state index contributed by atoms with van der Waals surface area (Å²) in [6.45, 7) is 2.54. The molecule has 0 spiro atoms. The van der Waals surface area contributed by atoms with Crippen LogP contribution in [0.15, 0.2) is 0 Å². The molecule has 0 atom stereocenters. The molecule has 94 valence electrons. The fourth-order valence-electron chi connectivity index (χ4n) is 3.81. The first-order chi connectivity index (χ1) is 7.77. The molecule has 2 aliphatic carbocycles. The van der Waals surface area contributed by atoms with Crippen LogP contribution in [0, 0.1) is 11.8 Å². The van der Waals surface area contributed by atoms with Gasteiger partial charge in [-0.2, -0.15) is 0 Å². The van der Waals surface area contributed by atoms with Gasteiger partial charge in [0.15, 0.2) is 0 Å². The van der Waals surface area contributed by atoms with E-state index in [1.165, 1.54) is 64.2 Å². The summed E-state index contributed by atoms with van der Waals surface area (Å²) in [5.74, 6) is 1.93. The van der Waals surface area contributed by atoms with E-state index < -0.39 is 0 Å². The van der Waals surface area contributed by atoms with Crippen molar-refractivity contribution < 1.29 is 0 Å². The summed E-state index contributed by atoms with van der Waals surface area (Å²) in [6.07, 6.45) is 14.8. The molecule has 0 radical (unpaired) electrons. The van der Waals surface area contributed by atoms with Crippen molar-refractivity contribution in [2.45, 2.75) is 75.9 Å². The lowest BCUT2D eigenvalue weighted by Gasteiger charge is -2.45. The average Bonchev–Trinajstić information content (AvgIpc) is 2.40. The minimum Gasteiger partial charge on any atom is -0.0764 e. The standard InChI is InChI=1S/C14H25BrS/c1-14(16-15,12-8-4-2-5-9-12)13-10-6-3-7-11-13/h12-13H,2-11H2,1H3. The molecule has 0 bridgehead atoms. The highest BCUT2D eigenvalue weighted by atomic mass is 79.9. The highest BCUT2D eigenvalue weighted by molar-refractivity contribution is 9.50. The maximum atomic E-state index is 3.76. The zero-order valence-corrected chi connectivity index (χ0v) is 12.9. The molecule has 2 rings (SSSR count). The van der Waals surface area contributed by atoms with Gasteiger partial charge in [-0.15, -0.1) is 0 Å². The largest absolute Gasteiger partial charge is 0.0764 e. The maximum Gasteiger partial charge on any atom is 0.0297 e. The van der Waals surface area contributed by atoms with Crippen molar-refractivity contribution in [2.75, 3.05) is 0 Å². The summed E-state index contributed by atoms with van der Waals surface area (Å²) in [5.41, 5.74) is 0. The smallest absolute Gasteiger partial charge is 0.0297 e. The van der Waals surface area contributed by atoms with E-state index in [1.807, 2.05) is 10.2 Å². The zero-order chi connectivity index (χ0) is 11.4. The minimum atomic E-state index is 0.515. The molecule has 0 nitrogen and oxygen atoms in total. The molecule has 2 fully saturated rings. The van der Waals surface area contributed by atoms with Crippen LogP contribution in [0.3, 0.4) is 0 Å². The van der Waals surface area contributed by atoms with Crippen LogP contribution in [0.5, 0.6) is 0 Å². The molecule has 2 heteroatoms. The van der Waals surface area contributed by atoms with Crippen LogP contribution < -0.4 is 0 Å². The predicted molar refractivity (Wildman–Crippen MR) is 78.1 cm³/mol. The highest BCUT2D eigenvalue weighted by Gasteiger charge is 2.41. The van der Waals surface area contributed by atoms with Crippen LogP contribution in [0.1, 0.15) is 71.1 Å². The third-order valence-corrected chi connectivity index (χ3v) is 8.09. The summed E-state index contributed by atoms with van der Waals surface area (Å²) in [6, 6.07) is 0. The maximum absolute atomic E-state index is 3.76. The Morgan fingerprint density at radius 2 is 1.19 bits per heavy atom. The Kier molecular flexibility index (Phi) is 5.08. The predicted octanol–water partition coefficient (Wildman–Crippen LogP) is 5.95. The third kappa shape index (κ3) is 2.80. The second-order valence-electron chi connectivity index (χ2n) is 5.93. The molecular formula is C14H25BrS. The van der Waals surface area contributed by atoms with Gasteiger partial charge in [-0.3, -0.25) is 0 Å². The molecule has 0 amide bonds. The normalized spacial score (nSPS) is 25.9. The molecule has 0 aromatic rings. The summed E-state index contributed by atoms with van der Waals surface area (Å²) < 4.78 is 0.515. The lowest BCUT2D eigenvalue weighted by atomic mass is 9.70. The molecule has 2 aliphatic rings. The molecule has 0 unspecified atom stereocenters. The van der Waals surface area contributed by atoms with Crippen molar-refractivity contribution in [3.05, 3.63) is 0 Å². The van der Waals surface area contributed by atoms with Crippen LogP contribution in [0.25, 0.3) is 0 Å². The van der Waals surface area contributed by atoms with Crippen LogP contribution in [0.4, 0.5) is 0 Å². The van der Waals surface area contributed by atoms with E-state index in [-0.39, 0.29) is 0 Å². The molecule has 0 N–H and O–H groups in total. The summed E-state index contributed by atoms with van der Waals surface area (Å²) in [7, 11) is 2.00. The van der Waals surface area contributed by atoms with E-state index in [2.05, 4.69) is 21.7 Å². The Bertz CT molecular complexity index is 187. The Hall–Kier alpha value is 0.830. The number of halogens is 1. The Morgan fingerprint density at radius 1 is 0.812 bits per heavy atom. The molecule has 0 aliphatic heterocycles. The van der Waals surface area contributed by atoms with Crippen molar-refractivity contribution in [3.8, 4) is 0 Å².